The standard InChI is InChI=1S/4C6H9NO3.2C2H3N.2Rh/c4*1-10-6(9)4-2-3-5(8)7-4;2*1-2-3;;/h4*4H,2-3H2,1H3,(H,7,8);2*1H3;;/q;;;;;;2*+2/p-4. The van der Waals surface area contributed by atoms with E-state index >= 15 is 0 Å². The molecule has 4 amide bonds. The summed E-state index contributed by atoms with van der Waals surface area (Å²) in [4.78, 5) is 84.8. The number of carbonyl (C=O) groups excluding carboxylic acids is 8. The molecule has 2 radical (unpaired) electrons. The molecular weight excluding hydrogens is 818 g/mol. The maximum atomic E-state index is 10.7. The van der Waals surface area contributed by atoms with Crippen LogP contribution in [0.25, 0.3) is 21.3 Å². The van der Waals surface area contributed by atoms with Crippen LogP contribution in [0.3, 0.4) is 0 Å². The average Bonchev–Trinajstić information content (AvgIpc) is 3.86. The number of hydrogen-bond donors (Lipinski definition) is 0. The number of amides is 4. The quantitative estimate of drug-likeness (QED) is 0.222. The number of nitriles is 2. The van der Waals surface area contributed by atoms with Gasteiger partial charge >= 0.3 is 39.0 Å². The number of hydrogen-bond acceptors (Lipinski definition) is 14. The van der Waals surface area contributed by atoms with Crippen molar-refractivity contribution in [3.63, 3.8) is 0 Å². The molecule has 4 aliphatic rings. The Morgan fingerprint density at radius 3 is 0.729 bits per heavy atom. The second-order valence-electron chi connectivity index (χ2n) is 8.85. The molecular formula is C28H38N6O12Rh2. The molecule has 0 aromatic heterocycles. The van der Waals surface area contributed by atoms with Gasteiger partial charge in [-0.1, -0.05) is 25.7 Å². The Labute approximate surface area is 304 Å². The van der Waals surface area contributed by atoms with Crippen LogP contribution in [-0.2, 0) is 96.3 Å². The van der Waals surface area contributed by atoms with E-state index in [-0.39, 0.29) is 62.6 Å². The van der Waals surface area contributed by atoms with Crippen molar-refractivity contribution >= 4 is 47.5 Å². The second kappa shape index (κ2) is 30.3. The molecule has 4 aliphatic heterocycles. The Morgan fingerprint density at radius 2 is 0.646 bits per heavy atom. The first-order valence-corrected chi connectivity index (χ1v) is 13.7. The maximum absolute atomic E-state index is 10.7. The SMILES string of the molecule is CC#N.CC#N.COC(=O)C1CCC(=O)[N-]1.COC(=O)C1CCC(=O)[N-]1.COC(=O)C1CCC(=O)[N-]1.COC(=O)C1CCC(=O)[N-]1.[Rh+2].[Rh+2]. The van der Waals surface area contributed by atoms with Gasteiger partial charge in [0.05, 0.1) is 64.2 Å². The van der Waals surface area contributed by atoms with Gasteiger partial charge in [0, 0.05) is 13.8 Å². The summed E-state index contributed by atoms with van der Waals surface area (Å²) in [6.45, 7) is 2.86. The fourth-order valence-electron chi connectivity index (χ4n) is 3.48. The molecule has 4 fully saturated rings. The van der Waals surface area contributed by atoms with E-state index in [9.17, 15) is 38.4 Å². The summed E-state index contributed by atoms with van der Waals surface area (Å²) in [6.07, 6.45) is 3.52. The van der Waals surface area contributed by atoms with E-state index in [4.69, 9.17) is 10.5 Å². The molecule has 4 rings (SSSR count). The zero-order valence-electron chi connectivity index (χ0n) is 27.2. The molecule has 4 unspecified atom stereocenters. The Kier molecular flexibility index (Phi) is 32.1. The Morgan fingerprint density at radius 1 is 0.500 bits per heavy atom. The first kappa shape index (κ1) is 50.8. The summed E-state index contributed by atoms with van der Waals surface area (Å²) in [5, 5.41) is 28.8. The molecule has 48 heavy (non-hydrogen) atoms. The monoisotopic (exact) mass is 856 g/mol. The minimum Gasteiger partial charge on any atom is -0.642 e. The predicted octanol–water partition coefficient (Wildman–Crippen LogP) is 1.94. The smallest absolute Gasteiger partial charge is 0.642 e. The third-order valence-electron chi connectivity index (χ3n) is 5.62. The van der Waals surface area contributed by atoms with Crippen molar-refractivity contribution in [2.24, 2.45) is 0 Å². The number of rotatable bonds is 4. The molecule has 4 saturated heterocycles. The van der Waals surface area contributed by atoms with E-state index in [1.54, 1.807) is 12.1 Å². The van der Waals surface area contributed by atoms with Gasteiger partial charge in [0.15, 0.2) is 0 Å². The molecule has 270 valence electrons. The number of ether oxygens (including phenoxy) is 4. The minimum absolute atomic E-state index is 0. The Balaban J connectivity index is -0.000000251. The van der Waals surface area contributed by atoms with Crippen LogP contribution in [0.1, 0.15) is 65.2 Å². The van der Waals surface area contributed by atoms with Crippen molar-refractivity contribution in [3.05, 3.63) is 21.3 Å². The van der Waals surface area contributed by atoms with Crippen LogP contribution in [0.2, 0.25) is 0 Å². The van der Waals surface area contributed by atoms with Crippen LogP contribution in [0, 0.1) is 22.7 Å². The normalized spacial score (nSPS) is 20.4. The van der Waals surface area contributed by atoms with E-state index < -0.39 is 48.0 Å². The predicted molar refractivity (Wildman–Crippen MR) is 156 cm³/mol. The van der Waals surface area contributed by atoms with E-state index in [1.807, 2.05) is 0 Å². The fourth-order valence-corrected chi connectivity index (χ4v) is 3.48. The van der Waals surface area contributed by atoms with Crippen LogP contribution in [0.5, 0.6) is 0 Å². The third kappa shape index (κ3) is 22.5. The van der Waals surface area contributed by atoms with Crippen LogP contribution in [0.4, 0.5) is 0 Å². The van der Waals surface area contributed by atoms with Crippen molar-refractivity contribution in [2.75, 3.05) is 28.4 Å². The van der Waals surface area contributed by atoms with Crippen molar-refractivity contribution in [2.45, 2.75) is 89.4 Å². The van der Waals surface area contributed by atoms with Crippen LogP contribution in [-0.4, -0.2) is 100 Å². The summed E-state index contributed by atoms with van der Waals surface area (Å²) >= 11 is 0. The van der Waals surface area contributed by atoms with Gasteiger partial charge in [-0.05, 0) is 49.9 Å². The Hall–Kier alpha value is -4.01. The molecule has 0 N–H and O–H groups in total. The summed E-state index contributed by atoms with van der Waals surface area (Å²) in [7, 11) is 5.17. The fraction of sp³-hybridized carbons (Fsp3) is 0.643. The number of methoxy groups -OCH3 is 4. The van der Waals surface area contributed by atoms with Crippen LogP contribution in [0.15, 0.2) is 0 Å². The Bertz CT molecular complexity index is 995. The van der Waals surface area contributed by atoms with Crippen molar-refractivity contribution in [1.82, 2.24) is 0 Å². The number of esters is 4. The molecule has 0 aliphatic carbocycles. The van der Waals surface area contributed by atoms with E-state index in [0.29, 0.717) is 51.4 Å². The summed E-state index contributed by atoms with van der Waals surface area (Å²) in [5.74, 6) is -2.44. The number of carbonyl (C=O) groups is 8. The molecule has 0 aromatic rings. The van der Waals surface area contributed by atoms with E-state index in [2.05, 4.69) is 40.2 Å². The van der Waals surface area contributed by atoms with Gasteiger partial charge in [0.1, 0.15) is 0 Å². The second-order valence-corrected chi connectivity index (χ2v) is 8.85. The molecule has 18 nitrogen and oxygen atoms in total. The minimum atomic E-state index is -0.530. The van der Waals surface area contributed by atoms with Crippen molar-refractivity contribution in [1.29, 1.82) is 10.5 Å². The van der Waals surface area contributed by atoms with E-state index in [1.165, 1.54) is 42.3 Å². The van der Waals surface area contributed by atoms with E-state index in [0.717, 1.165) is 0 Å². The third-order valence-corrected chi connectivity index (χ3v) is 5.62. The molecule has 4 heterocycles. The van der Waals surface area contributed by atoms with Crippen LogP contribution >= 0.6 is 0 Å². The molecule has 0 spiro atoms. The van der Waals surface area contributed by atoms with Crippen molar-refractivity contribution in [3.8, 4) is 12.1 Å². The summed E-state index contributed by atoms with van der Waals surface area (Å²) < 4.78 is 17.6. The molecule has 0 aromatic carbocycles. The van der Waals surface area contributed by atoms with Gasteiger partial charge in [-0.2, -0.15) is 10.5 Å². The van der Waals surface area contributed by atoms with Gasteiger partial charge in [0.2, 0.25) is 0 Å². The molecule has 0 saturated carbocycles. The zero-order valence-corrected chi connectivity index (χ0v) is 30.5. The molecule has 0 bridgehead atoms. The van der Waals surface area contributed by atoms with Gasteiger partial charge in [0.25, 0.3) is 23.9 Å². The summed E-state index contributed by atoms with van der Waals surface area (Å²) in [6, 6.07) is 1.38. The van der Waals surface area contributed by atoms with Gasteiger partial charge in [-0.25, -0.2) is 0 Å². The number of nitrogens with zero attached hydrogens (tertiary/aromatic N) is 6. The average molecular weight is 856 g/mol. The van der Waals surface area contributed by atoms with Crippen LogP contribution < -0.4 is 0 Å². The largest absolute Gasteiger partial charge is 2.00 e. The molecule has 20 heteroatoms. The zero-order chi connectivity index (χ0) is 35.7. The summed E-state index contributed by atoms with van der Waals surface area (Å²) in [5.41, 5.74) is 0. The van der Waals surface area contributed by atoms with Gasteiger partial charge < -0.3 is 59.4 Å². The topological polar surface area (TPSA) is 277 Å². The molecule has 4 atom stereocenters. The first-order valence-electron chi connectivity index (χ1n) is 13.7. The van der Waals surface area contributed by atoms with Gasteiger partial charge in [-0.3, -0.25) is 19.2 Å². The van der Waals surface area contributed by atoms with Gasteiger partial charge in [-0.15, -0.1) is 0 Å². The first-order chi connectivity index (χ1) is 21.8. The van der Waals surface area contributed by atoms with Crippen molar-refractivity contribution < 1.29 is 96.3 Å². The maximum Gasteiger partial charge on any atom is 2.00 e.